The molecule has 1 fully saturated rings. The van der Waals surface area contributed by atoms with Gasteiger partial charge in [0.15, 0.2) is 0 Å². The Morgan fingerprint density at radius 2 is 2.33 bits per heavy atom. The van der Waals surface area contributed by atoms with Crippen LogP contribution in [0.25, 0.3) is 0 Å². The van der Waals surface area contributed by atoms with Gasteiger partial charge >= 0.3 is 0 Å². The standard InChI is InChI=1S/C11H21NO3/c1-8(2)10(13)7-12-11(14)6-9-4-3-5-15-9/h8-10,13H,3-7H2,1-2H3,(H,12,14). The molecular weight excluding hydrogens is 194 g/mol. The van der Waals surface area contributed by atoms with Crippen molar-refractivity contribution >= 4 is 5.91 Å². The molecule has 15 heavy (non-hydrogen) atoms. The highest BCUT2D eigenvalue weighted by molar-refractivity contribution is 5.76. The number of nitrogens with one attached hydrogen (secondary N) is 1. The van der Waals surface area contributed by atoms with Crippen molar-refractivity contribution in [2.75, 3.05) is 13.2 Å². The van der Waals surface area contributed by atoms with Crippen LogP contribution in [0.1, 0.15) is 33.1 Å². The van der Waals surface area contributed by atoms with Crippen molar-refractivity contribution in [3.63, 3.8) is 0 Å². The topological polar surface area (TPSA) is 58.6 Å². The van der Waals surface area contributed by atoms with E-state index in [-0.39, 0.29) is 17.9 Å². The first-order valence-electron chi connectivity index (χ1n) is 5.66. The maximum Gasteiger partial charge on any atom is 0.222 e. The molecular formula is C11H21NO3. The minimum absolute atomic E-state index is 0.0263. The molecule has 1 saturated heterocycles. The molecule has 1 rings (SSSR count). The van der Waals surface area contributed by atoms with Crippen LogP contribution >= 0.6 is 0 Å². The number of hydrogen-bond acceptors (Lipinski definition) is 3. The third-order valence-corrected chi connectivity index (χ3v) is 2.71. The van der Waals surface area contributed by atoms with Gasteiger partial charge in [-0.05, 0) is 18.8 Å². The normalized spacial score (nSPS) is 23.1. The van der Waals surface area contributed by atoms with Gasteiger partial charge < -0.3 is 15.2 Å². The summed E-state index contributed by atoms with van der Waals surface area (Å²) in [5, 5.41) is 12.2. The number of hydrogen-bond donors (Lipinski definition) is 2. The predicted octanol–water partition coefficient (Wildman–Crippen LogP) is 0.689. The van der Waals surface area contributed by atoms with Crippen LogP contribution in [0.15, 0.2) is 0 Å². The van der Waals surface area contributed by atoms with Gasteiger partial charge in [0.2, 0.25) is 5.91 Å². The van der Waals surface area contributed by atoms with Gasteiger partial charge in [0, 0.05) is 13.2 Å². The number of rotatable bonds is 5. The van der Waals surface area contributed by atoms with E-state index in [4.69, 9.17) is 4.74 Å². The second-order valence-corrected chi connectivity index (χ2v) is 4.45. The summed E-state index contributed by atoms with van der Waals surface area (Å²) in [7, 11) is 0. The molecule has 2 unspecified atom stereocenters. The Kier molecular flexibility index (Phi) is 5.05. The largest absolute Gasteiger partial charge is 0.391 e. The van der Waals surface area contributed by atoms with Gasteiger partial charge in [-0.3, -0.25) is 4.79 Å². The number of carbonyl (C=O) groups excluding carboxylic acids is 1. The van der Waals surface area contributed by atoms with E-state index in [0.29, 0.717) is 13.0 Å². The van der Waals surface area contributed by atoms with Gasteiger partial charge in [-0.1, -0.05) is 13.8 Å². The van der Waals surface area contributed by atoms with Crippen molar-refractivity contribution in [1.82, 2.24) is 5.32 Å². The second-order valence-electron chi connectivity index (χ2n) is 4.45. The average Bonchev–Trinajstić information content (AvgIpc) is 2.66. The smallest absolute Gasteiger partial charge is 0.222 e. The lowest BCUT2D eigenvalue weighted by atomic mass is 10.1. The van der Waals surface area contributed by atoms with Crippen LogP contribution < -0.4 is 5.32 Å². The highest BCUT2D eigenvalue weighted by atomic mass is 16.5. The molecule has 2 N–H and O–H groups in total. The molecule has 1 aliphatic heterocycles. The van der Waals surface area contributed by atoms with Gasteiger partial charge in [-0.25, -0.2) is 0 Å². The first kappa shape index (κ1) is 12.5. The van der Waals surface area contributed by atoms with Gasteiger partial charge in [0.1, 0.15) is 0 Å². The fourth-order valence-electron chi connectivity index (χ4n) is 1.54. The Balaban J connectivity index is 2.12. The average molecular weight is 215 g/mol. The molecule has 2 atom stereocenters. The highest BCUT2D eigenvalue weighted by Gasteiger charge is 2.19. The third-order valence-electron chi connectivity index (χ3n) is 2.71. The monoisotopic (exact) mass is 215 g/mol. The molecule has 4 heteroatoms. The first-order valence-corrected chi connectivity index (χ1v) is 5.66. The molecule has 0 bridgehead atoms. The molecule has 0 saturated carbocycles. The lowest BCUT2D eigenvalue weighted by Gasteiger charge is -2.16. The van der Waals surface area contributed by atoms with Crippen molar-refractivity contribution in [1.29, 1.82) is 0 Å². The Morgan fingerprint density at radius 1 is 1.60 bits per heavy atom. The van der Waals surface area contributed by atoms with Crippen LogP contribution in [0, 0.1) is 5.92 Å². The van der Waals surface area contributed by atoms with E-state index < -0.39 is 6.10 Å². The minimum atomic E-state index is -0.460. The summed E-state index contributed by atoms with van der Waals surface area (Å²) in [6.45, 7) is 4.96. The third kappa shape index (κ3) is 4.62. The zero-order valence-electron chi connectivity index (χ0n) is 9.53. The van der Waals surface area contributed by atoms with Gasteiger partial charge in [0.05, 0.1) is 18.6 Å². The summed E-state index contributed by atoms with van der Waals surface area (Å²) in [4.78, 5) is 11.4. The molecule has 0 aromatic rings. The molecule has 1 heterocycles. The lowest BCUT2D eigenvalue weighted by molar-refractivity contribution is -0.123. The summed E-state index contributed by atoms with van der Waals surface area (Å²) in [5.74, 6) is 0.148. The fourth-order valence-corrected chi connectivity index (χ4v) is 1.54. The Labute approximate surface area is 91.0 Å². The number of ether oxygens (including phenoxy) is 1. The maximum atomic E-state index is 11.4. The molecule has 88 valence electrons. The zero-order valence-corrected chi connectivity index (χ0v) is 9.53. The van der Waals surface area contributed by atoms with Gasteiger partial charge in [-0.2, -0.15) is 0 Å². The highest BCUT2D eigenvalue weighted by Crippen LogP contribution is 2.14. The zero-order chi connectivity index (χ0) is 11.3. The van der Waals surface area contributed by atoms with E-state index >= 15 is 0 Å². The van der Waals surface area contributed by atoms with Crippen molar-refractivity contribution in [3.05, 3.63) is 0 Å². The molecule has 0 aromatic heterocycles. The molecule has 0 aromatic carbocycles. The van der Waals surface area contributed by atoms with Crippen LogP contribution in [0.4, 0.5) is 0 Å². The molecule has 4 nitrogen and oxygen atoms in total. The maximum absolute atomic E-state index is 11.4. The second kappa shape index (κ2) is 6.08. The van der Waals surface area contributed by atoms with Gasteiger partial charge in [0.25, 0.3) is 0 Å². The van der Waals surface area contributed by atoms with E-state index in [1.807, 2.05) is 13.8 Å². The molecule has 0 radical (unpaired) electrons. The summed E-state index contributed by atoms with van der Waals surface area (Å²) in [5.41, 5.74) is 0. The van der Waals surface area contributed by atoms with E-state index in [2.05, 4.69) is 5.32 Å². The minimum Gasteiger partial charge on any atom is -0.391 e. The van der Waals surface area contributed by atoms with Crippen molar-refractivity contribution in [3.8, 4) is 0 Å². The van der Waals surface area contributed by atoms with Crippen LogP contribution in [-0.2, 0) is 9.53 Å². The number of carbonyl (C=O) groups is 1. The summed E-state index contributed by atoms with van der Waals surface area (Å²) in [6, 6.07) is 0. The Bertz CT molecular complexity index is 200. The SMILES string of the molecule is CC(C)C(O)CNC(=O)CC1CCCO1. The van der Waals surface area contributed by atoms with Crippen molar-refractivity contribution in [2.45, 2.75) is 45.3 Å². The van der Waals surface area contributed by atoms with Crippen molar-refractivity contribution in [2.24, 2.45) is 5.92 Å². The predicted molar refractivity (Wildman–Crippen MR) is 57.4 cm³/mol. The summed E-state index contributed by atoms with van der Waals surface area (Å²) in [6.07, 6.45) is 2.07. The van der Waals surface area contributed by atoms with Crippen LogP contribution in [0.5, 0.6) is 0 Å². The van der Waals surface area contributed by atoms with Crippen molar-refractivity contribution < 1.29 is 14.6 Å². The van der Waals surface area contributed by atoms with E-state index in [1.54, 1.807) is 0 Å². The number of aliphatic hydroxyl groups excluding tert-OH is 1. The Hall–Kier alpha value is -0.610. The summed E-state index contributed by atoms with van der Waals surface area (Å²) >= 11 is 0. The molecule has 0 spiro atoms. The van der Waals surface area contributed by atoms with E-state index in [9.17, 15) is 9.90 Å². The molecule has 0 aliphatic carbocycles. The van der Waals surface area contributed by atoms with Crippen LogP contribution in [-0.4, -0.2) is 36.4 Å². The number of aliphatic hydroxyl groups is 1. The quantitative estimate of drug-likeness (QED) is 0.709. The van der Waals surface area contributed by atoms with E-state index in [0.717, 1.165) is 19.4 Å². The molecule has 1 aliphatic rings. The van der Waals surface area contributed by atoms with E-state index in [1.165, 1.54) is 0 Å². The molecule has 1 amide bonds. The van der Waals surface area contributed by atoms with Gasteiger partial charge in [-0.15, -0.1) is 0 Å². The lowest BCUT2D eigenvalue weighted by Crippen LogP contribution is -2.36. The fraction of sp³-hybridized carbons (Fsp3) is 0.909. The Morgan fingerprint density at radius 3 is 2.87 bits per heavy atom. The summed E-state index contributed by atoms with van der Waals surface area (Å²) < 4.78 is 5.35. The van der Waals surface area contributed by atoms with Crippen LogP contribution in [0.3, 0.4) is 0 Å². The first-order chi connectivity index (χ1) is 7.09. The number of amides is 1. The van der Waals surface area contributed by atoms with Crippen LogP contribution in [0.2, 0.25) is 0 Å².